The van der Waals surface area contributed by atoms with Crippen LogP contribution in [0.1, 0.15) is 35.7 Å². The highest BCUT2D eigenvalue weighted by molar-refractivity contribution is 5.51. The maximum Gasteiger partial charge on any atom is 0.435 e. The van der Waals surface area contributed by atoms with Crippen molar-refractivity contribution in [3.63, 3.8) is 0 Å². The Balaban J connectivity index is 1.70. The molecule has 33 heavy (non-hydrogen) atoms. The smallest absolute Gasteiger partial charge is 0.369 e. The van der Waals surface area contributed by atoms with E-state index in [2.05, 4.69) is 20.7 Å². The first-order valence-electron chi connectivity index (χ1n) is 10.3. The molecular formula is C21H20F7N5. The number of fused-ring (bicyclic) bond motifs is 1. The van der Waals surface area contributed by atoms with E-state index in [1.165, 1.54) is 12.1 Å². The van der Waals surface area contributed by atoms with Gasteiger partial charge in [-0.15, -0.1) is 0 Å². The summed E-state index contributed by atoms with van der Waals surface area (Å²) < 4.78 is 93.5. The minimum Gasteiger partial charge on any atom is -0.369 e. The average molecular weight is 475 g/mol. The van der Waals surface area contributed by atoms with Gasteiger partial charge >= 0.3 is 12.4 Å². The van der Waals surface area contributed by atoms with Crippen molar-refractivity contribution in [2.75, 3.05) is 25.0 Å². The van der Waals surface area contributed by atoms with Gasteiger partial charge in [0.05, 0.1) is 0 Å². The molecule has 0 saturated carbocycles. The number of nitrogens with one attached hydrogen (secondary N) is 2. The Hall–Kier alpha value is -2.89. The molecule has 0 radical (unpaired) electrons. The zero-order valence-corrected chi connectivity index (χ0v) is 17.1. The third kappa shape index (κ3) is 5.21. The van der Waals surface area contributed by atoms with Gasteiger partial charge in [0.15, 0.2) is 17.0 Å². The molecule has 1 aromatic carbocycles. The number of aromatic nitrogens is 3. The Bertz CT molecular complexity index is 1100. The summed E-state index contributed by atoms with van der Waals surface area (Å²) >= 11 is 0. The van der Waals surface area contributed by atoms with E-state index < -0.39 is 35.2 Å². The summed E-state index contributed by atoms with van der Waals surface area (Å²) in [5.74, 6) is -0.739. The molecule has 0 aliphatic carbocycles. The molecule has 1 aliphatic heterocycles. The van der Waals surface area contributed by atoms with Gasteiger partial charge in [-0.1, -0.05) is 12.1 Å². The van der Waals surface area contributed by atoms with Crippen molar-refractivity contribution >= 4 is 11.5 Å². The van der Waals surface area contributed by atoms with Crippen LogP contribution >= 0.6 is 0 Å². The van der Waals surface area contributed by atoms with Crippen LogP contribution in [0.15, 0.2) is 36.4 Å². The molecule has 1 fully saturated rings. The molecule has 1 aliphatic rings. The Morgan fingerprint density at radius 1 is 0.970 bits per heavy atom. The first-order valence-corrected chi connectivity index (χ1v) is 10.3. The molecule has 2 N–H and O–H groups in total. The predicted octanol–water partition coefficient (Wildman–Crippen LogP) is 5.10. The third-order valence-corrected chi connectivity index (χ3v) is 5.76. The fourth-order valence-electron chi connectivity index (χ4n) is 4.11. The lowest BCUT2D eigenvalue weighted by molar-refractivity contribution is -0.142. The second kappa shape index (κ2) is 8.81. The highest BCUT2D eigenvalue weighted by atomic mass is 19.4. The lowest BCUT2D eigenvalue weighted by atomic mass is 9.80. The second-order valence-electron chi connectivity index (χ2n) is 7.95. The number of hydrogen-bond acceptors (Lipinski definition) is 4. The lowest BCUT2D eigenvalue weighted by Crippen LogP contribution is -2.33. The molecule has 5 nitrogen and oxygen atoms in total. The zero-order chi connectivity index (χ0) is 23.8. The van der Waals surface area contributed by atoms with E-state index in [-0.39, 0.29) is 24.2 Å². The van der Waals surface area contributed by atoms with E-state index in [0.717, 1.165) is 36.0 Å². The van der Waals surface area contributed by atoms with Crippen molar-refractivity contribution in [2.24, 2.45) is 5.92 Å². The van der Waals surface area contributed by atoms with Crippen molar-refractivity contribution in [1.82, 2.24) is 19.9 Å². The van der Waals surface area contributed by atoms with E-state index in [4.69, 9.17) is 0 Å². The molecule has 4 rings (SSSR count). The average Bonchev–Trinajstić information content (AvgIpc) is 3.20. The Labute approximate surface area is 184 Å². The summed E-state index contributed by atoms with van der Waals surface area (Å²) in [5.41, 5.74) is -2.45. The standard InChI is InChI=1S/C21H20F7N5/c22-14-3-1-12(2-4-14)15(13-5-7-29-8-6-13)11-30-18-9-16(20(23,24)25)31-19-10-17(21(26,27)28)32-33(18)19/h1-4,9-10,13,15,29-30H,5-8,11H2. The molecule has 0 spiro atoms. The Kier molecular flexibility index (Phi) is 6.21. The quantitative estimate of drug-likeness (QED) is 0.505. The van der Waals surface area contributed by atoms with Crippen molar-refractivity contribution in [3.8, 4) is 0 Å². The number of hydrogen-bond donors (Lipinski definition) is 2. The Morgan fingerprint density at radius 2 is 1.61 bits per heavy atom. The van der Waals surface area contributed by atoms with Crippen molar-refractivity contribution < 1.29 is 30.7 Å². The summed E-state index contributed by atoms with van der Waals surface area (Å²) in [6.07, 6.45) is -8.10. The first kappa shape index (κ1) is 23.3. The van der Waals surface area contributed by atoms with Crippen LogP contribution in [0.3, 0.4) is 0 Å². The molecule has 178 valence electrons. The van der Waals surface area contributed by atoms with E-state index >= 15 is 0 Å². The van der Waals surface area contributed by atoms with Gasteiger partial charge in [-0.25, -0.2) is 9.37 Å². The highest BCUT2D eigenvalue weighted by Crippen LogP contribution is 2.35. The van der Waals surface area contributed by atoms with Crippen LogP contribution in [0, 0.1) is 11.7 Å². The molecule has 1 saturated heterocycles. The summed E-state index contributed by atoms with van der Waals surface area (Å²) in [7, 11) is 0. The van der Waals surface area contributed by atoms with Crippen LogP contribution < -0.4 is 10.6 Å². The third-order valence-electron chi connectivity index (χ3n) is 5.76. The Morgan fingerprint density at radius 3 is 2.21 bits per heavy atom. The van der Waals surface area contributed by atoms with Crippen molar-refractivity contribution in [1.29, 1.82) is 0 Å². The lowest BCUT2D eigenvalue weighted by Gasteiger charge is -2.31. The number of halogens is 7. The summed E-state index contributed by atoms with van der Waals surface area (Å²) in [4.78, 5) is 3.31. The molecule has 3 heterocycles. The van der Waals surface area contributed by atoms with Gasteiger partial charge in [0, 0.05) is 24.6 Å². The van der Waals surface area contributed by atoms with Crippen LogP contribution in [0.2, 0.25) is 0 Å². The number of rotatable bonds is 5. The number of piperidine rings is 1. The second-order valence-corrected chi connectivity index (χ2v) is 7.95. The minimum atomic E-state index is -4.85. The molecule has 0 bridgehead atoms. The van der Waals surface area contributed by atoms with E-state index in [1.54, 1.807) is 12.1 Å². The number of benzene rings is 1. The SMILES string of the molecule is Fc1ccc(C(CNc2cc(C(F)(F)F)nc3cc(C(F)(F)F)nn23)C2CCNCC2)cc1. The van der Waals surface area contributed by atoms with Crippen LogP contribution in [0.5, 0.6) is 0 Å². The molecule has 1 unspecified atom stereocenters. The van der Waals surface area contributed by atoms with Gasteiger partial charge in [-0.05, 0) is 49.5 Å². The largest absolute Gasteiger partial charge is 0.435 e. The fraction of sp³-hybridized carbons (Fsp3) is 0.429. The summed E-state index contributed by atoms with van der Waals surface area (Å²) in [6.45, 7) is 1.64. The summed E-state index contributed by atoms with van der Waals surface area (Å²) in [6, 6.07) is 6.96. The van der Waals surface area contributed by atoms with Crippen molar-refractivity contribution in [2.45, 2.75) is 31.1 Å². The van der Waals surface area contributed by atoms with Gasteiger partial charge in [-0.3, -0.25) is 0 Å². The molecule has 1 atom stereocenters. The minimum absolute atomic E-state index is 0.119. The van der Waals surface area contributed by atoms with Gasteiger partial charge in [0.1, 0.15) is 11.6 Å². The van der Waals surface area contributed by atoms with Crippen LogP contribution in [0.4, 0.5) is 36.6 Å². The van der Waals surface area contributed by atoms with E-state index in [0.29, 0.717) is 12.1 Å². The van der Waals surface area contributed by atoms with Gasteiger partial charge < -0.3 is 10.6 Å². The van der Waals surface area contributed by atoms with E-state index in [9.17, 15) is 30.7 Å². The normalized spacial score (nSPS) is 16.8. The number of anilines is 1. The van der Waals surface area contributed by atoms with Crippen molar-refractivity contribution in [3.05, 3.63) is 59.2 Å². The van der Waals surface area contributed by atoms with E-state index in [1.807, 2.05) is 0 Å². The van der Waals surface area contributed by atoms with Crippen LogP contribution in [-0.2, 0) is 12.4 Å². The molecule has 0 amide bonds. The van der Waals surface area contributed by atoms with Crippen LogP contribution in [-0.4, -0.2) is 34.2 Å². The maximum absolute atomic E-state index is 13.4. The topological polar surface area (TPSA) is 54.2 Å². The van der Waals surface area contributed by atoms with Gasteiger partial charge in [0.2, 0.25) is 0 Å². The zero-order valence-electron chi connectivity index (χ0n) is 17.1. The van der Waals surface area contributed by atoms with Crippen LogP contribution in [0.25, 0.3) is 5.65 Å². The first-order chi connectivity index (χ1) is 15.5. The van der Waals surface area contributed by atoms with Gasteiger partial charge in [-0.2, -0.15) is 36.0 Å². The molecular weight excluding hydrogens is 455 g/mol. The highest BCUT2D eigenvalue weighted by Gasteiger charge is 2.37. The number of nitrogens with zero attached hydrogens (tertiary/aromatic N) is 3. The predicted molar refractivity (Wildman–Crippen MR) is 106 cm³/mol. The molecule has 12 heteroatoms. The fourth-order valence-corrected chi connectivity index (χ4v) is 4.11. The number of alkyl halides is 6. The molecule has 2 aromatic heterocycles. The summed E-state index contributed by atoms with van der Waals surface area (Å²) in [5, 5.41) is 9.51. The molecule has 3 aromatic rings. The van der Waals surface area contributed by atoms with Gasteiger partial charge in [0.25, 0.3) is 0 Å². The monoisotopic (exact) mass is 475 g/mol. The maximum atomic E-state index is 13.4.